The van der Waals surface area contributed by atoms with Crippen LogP contribution >= 0.6 is 0 Å². The number of carbonyl (C=O) groups excluding carboxylic acids is 1. The molecule has 2 heterocycles. The fraction of sp³-hybridized carbons (Fsp3) is 0.0714. The van der Waals surface area contributed by atoms with E-state index in [4.69, 9.17) is 0 Å². The smallest absolute Gasteiger partial charge is 0.295 e. The first-order valence-corrected chi connectivity index (χ1v) is 6.16. The van der Waals surface area contributed by atoms with Gasteiger partial charge in [-0.3, -0.25) is 9.89 Å². The molecule has 1 aromatic carbocycles. The highest BCUT2D eigenvalue weighted by Crippen LogP contribution is 2.15. The maximum atomic E-state index is 12.0. The fourth-order valence-electron chi connectivity index (χ4n) is 1.88. The summed E-state index contributed by atoms with van der Waals surface area (Å²) in [7, 11) is 0. The van der Waals surface area contributed by atoms with Crippen molar-refractivity contribution in [2.24, 2.45) is 0 Å². The molecule has 0 fully saturated rings. The van der Waals surface area contributed by atoms with Gasteiger partial charge in [0.25, 0.3) is 5.91 Å². The summed E-state index contributed by atoms with van der Waals surface area (Å²) in [5, 5.41) is 9.25. The largest absolute Gasteiger partial charge is 0.324 e. The van der Waals surface area contributed by atoms with Gasteiger partial charge in [0.1, 0.15) is 5.82 Å². The van der Waals surface area contributed by atoms with Gasteiger partial charge in [0.05, 0.1) is 0 Å². The number of amides is 1. The molecule has 0 atom stereocenters. The molecule has 0 aliphatic carbocycles. The van der Waals surface area contributed by atoms with Crippen molar-refractivity contribution < 1.29 is 4.79 Å². The van der Waals surface area contributed by atoms with Gasteiger partial charge in [0.2, 0.25) is 5.82 Å². The maximum absolute atomic E-state index is 12.0. The number of hydrogen-bond donors (Lipinski definition) is 2. The SMILES string of the molecule is Cc1nc(C(=O)Nc2cccc(-n3cccc3)c2)n[nH]1. The van der Waals surface area contributed by atoms with Crippen LogP contribution in [0.5, 0.6) is 0 Å². The number of nitrogens with zero attached hydrogens (tertiary/aromatic N) is 3. The number of aromatic nitrogens is 4. The predicted octanol–water partition coefficient (Wildman–Crippen LogP) is 2.16. The van der Waals surface area contributed by atoms with Crippen molar-refractivity contribution >= 4 is 11.6 Å². The van der Waals surface area contributed by atoms with E-state index in [1.54, 1.807) is 6.92 Å². The third kappa shape index (κ3) is 2.44. The molecule has 2 N–H and O–H groups in total. The van der Waals surface area contributed by atoms with Crippen LogP contribution in [0.1, 0.15) is 16.4 Å². The molecule has 0 spiro atoms. The zero-order chi connectivity index (χ0) is 13.9. The van der Waals surface area contributed by atoms with Crippen LogP contribution in [-0.4, -0.2) is 25.7 Å². The summed E-state index contributed by atoms with van der Waals surface area (Å²) in [6.07, 6.45) is 3.89. The van der Waals surface area contributed by atoms with Gasteiger partial charge in [-0.25, -0.2) is 4.98 Å². The van der Waals surface area contributed by atoms with Gasteiger partial charge in [-0.05, 0) is 37.3 Å². The summed E-state index contributed by atoms with van der Waals surface area (Å²) in [5.74, 6) is 0.407. The van der Waals surface area contributed by atoms with Gasteiger partial charge >= 0.3 is 0 Å². The number of H-pyrrole nitrogens is 1. The summed E-state index contributed by atoms with van der Waals surface area (Å²) >= 11 is 0. The Morgan fingerprint density at radius 3 is 2.75 bits per heavy atom. The van der Waals surface area contributed by atoms with E-state index in [1.807, 2.05) is 53.4 Å². The zero-order valence-electron chi connectivity index (χ0n) is 10.9. The van der Waals surface area contributed by atoms with Crippen molar-refractivity contribution in [1.29, 1.82) is 0 Å². The van der Waals surface area contributed by atoms with Gasteiger partial charge in [-0.1, -0.05) is 6.07 Å². The lowest BCUT2D eigenvalue weighted by Gasteiger charge is -2.06. The Morgan fingerprint density at radius 2 is 2.05 bits per heavy atom. The van der Waals surface area contributed by atoms with Crippen molar-refractivity contribution in [3.63, 3.8) is 0 Å². The highest BCUT2D eigenvalue weighted by atomic mass is 16.2. The minimum atomic E-state index is -0.334. The van der Waals surface area contributed by atoms with E-state index >= 15 is 0 Å². The van der Waals surface area contributed by atoms with Crippen LogP contribution in [0, 0.1) is 6.92 Å². The Labute approximate surface area is 115 Å². The topological polar surface area (TPSA) is 75.6 Å². The molecule has 6 heteroatoms. The number of aryl methyl sites for hydroxylation is 1. The van der Waals surface area contributed by atoms with E-state index in [1.165, 1.54) is 0 Å². The number of hydrogen-bond acceptors (Lipinski definition) is 3. The molecule has 20 heavy (non-hydrogen) atoms. The second-order valence-electron chi connectivity index (χ2n) is 4.34. The Bertz CT molecular complexity index is 730. The lowest BCUT2D eigenvalue weighted by molar-refractivity contribution is 0.101. The molecule has 2 aromatic heterocycles. The Balaban J connectivity index is 1.81. The Kier molecular flexibility index (Phi) is 3.04. The first-order chi connectivity index (χ1) is 9.72. The van der Waals surface area contributed by atoms with Crippen molar-refractivity contribution in [2.45, 2.75) is 6.92 Å². The second kappa shape index (κ2) is 5.00. The average Bonchev–Trinajstić information content (AvgIpc) is 3.10. The van der Waals surface area contributed by atoms with Gasteiger partial charge < -0.3 is 9.88 Å². The molecule has 3 aromatic rings. The summed E-state index contributed by atoms with van der Waals surface area (Å²) < 4.78 is 1.96. The standard InChI is InChI=1S/C14H13N5O/c1-10-15-13(18-17-10)14(20)16-11-5-4-6-12(9-11)19-7-2-3-8-19/h2-9H,1H3,(H,16,20)(H,15,17,18). The van der Waals surface area contributed by atoms with Gasteiger partial charge in [0, 0.05) is 23.8 Å². The molecular formula is C14H13N5O. The summed E-state index contributed by atoms with van der Waals surface area (Å²) in [5.41, 5.74) is 1.67. The van der Waals surface area contributed by atoms with Crippen molar-refractivity contribution in [3.05, 3.63) is 60.4 Å². The maximum Gasteiger partial charge on any atom is 0.295 e. The number of benzene rings is 1. The second-order valence-corrected chi connectivity index (χ2v) is 4.34. The molecule has 0 unspecified atom stereocenters. The number of nitrogens with one attached hydrogen (secondary N) is 2. The van der Waals surface area contributed by atoms with E-state index in [0.29, 0.717) is 11.5 Å². The van der Waals surface area contributed by atoms with Crippen LogP contribution in [0.25, 0.3) is 5.69 Å². The molecule has 6 nitrogen and oxygen atoms in total. The molecule has 0 radical (unpaired) electrons. The molecule has 3 rings (SSSR count). The van der Waals surface area contributed by atoms with Crippen LogP contribution in [0.2, 0.25) is 0 Å². The fourth-order valence-corrected chi connectivity index (χ4v) is 1.88. The quantitative estimate of drug-likeness (QED) is 0.763. The van der Waals surface area contributed by atoms with Crippen LogP contribution < -0.4 is 5.32 Å². The van der Waals surface area contributed by atoms with E-state index in [2.05, 4.69) is 20.5 Å². The third-order valence-electron chi connectivity index (χ3n) is 2.81. The minimum absolute atomic E-state index is 0.133. The minimum Gasteiger partial charge on any atom is -0.324 e. The van der Waals surface area contributed by atoms with Gasteiger partial charge in [-0.2, -0.15) is 0 Å². The Morgan fingerprint density at radius 1 is 1.25 bits per heavy atom. The highest BCUT2D eigenvalue weighted by molar-refractivity contribution is 6.01. The summed E-state index contributed by atoms with van der Waals surface area (Å²) in [4.78, 5) is 16.0. The van der Waals surface area contributed by atoms with Crippen LogP contribution in [-0.2, 0) is 0 Å². The molecule has 1 amide bonds. The number of rotatable bonds is 3. The number of anilines is 1. The van der Waals surface area contributed by atoms with Gasteiger partial charge in [-0.15, -0.1) is 5.10 Å². The zero-order valence-corrected chi connectivity index (χ0v) is 10.9. The molecular weight excluding hydrogens is 254 g/mol. The van der Waals surface area contributed by atoms with Crippen LogP contribution in [0.3, 0.4) is 0 Å². The molecule has 100 valence electrons. The van der Waals surface area contributed by atoms with E-state index in [0.717, 1.165) is 5.69 Å². The monoisotopic (exact) mass is 267 g/mol. The average molecular weight is 267 g/mol. The first-order valence-electron chi connectivity index (χ1n) is 6.16. The molecule has 0 aliphatic rings. The lowest BCUT2D eigenvalue weighted by atomic mass is 10.2. The highest BCUT2D eigenvalue weighted by Gasteiger charge is 2.11. The Hall–Kier alpha value is -2.89. The van der Waals surface area contributed by atoms with Crippen molar-refractivity contribution in [2.75, 3.05) is 5.32 Å². The molecule has 0 bridgehead atoms. The summed E-state index contributed by atoms with van der Waals surface area (Å²) in [6.45, 7) is 1.75. The predicted molar refractivity (Wildman–Crippen MR) is 74.8 cm³/mol. The van der Waals surface area contributed by atoms with E-state index < -0.39 is 0 Å². The molecule has 0 saturated heterocycles. The number of carbonyl (C=O) groups is 1. The normalized spacial score (nSPS) is 10.4. The van der Waals surface area contributed by atoms with Crippen molar-refractivity contribution in [1.82, 2.24) is 19.7 Å². The third-order valence-corrected chi connectivity index (χ3v) is 2.81. The van der Waals surface area contributed by atoms with Gasteiger partial charge in [0.15, 0.2) is 0 Å². The van der Waals surface area contributed by atoms with E-state index in [-0.39, 0.29) is 11.7 Å². The number of aromatic amines is 1. The van der Waals surface area contributed by atoms with Crippen LogP contribution in [0.15, 0.2) is 48.8 Å². The van der Waals surface area contributed by atoms with E-state index in [9.17, 15) is 4.79 Å². The lowest BCUT2D eigenvalue weighted by Crippen LogP contribution is -2.14. The van der Waals surface area contributed by atoms with Crippen molar-refractivity contribution in [3.8, 4) is 5.69 Å². The molecule has 0 saturated carbocycles. The molecule has 0 aliphatic heterocycles. The van der Waals surface area contributed by atoms with Crippen LogP contribution in [0.4, 0.5) is 5.69 Å². The summed E-state index contributed by atoms with van der Waals surface area (Å²) in [6, 6.07) is 11.5. The first kappa shape index (κ1) is 12.2.